The van der Waals surface area contributed by atoms with E-state index in [9.17, 15) is 0 Å². The molecule has 0 fully saturated rings. The van der Waals surface area contributed by atoms with Crippen molar-refractivity contribution in [2.45, 2.75) is 32.1 Å². The summed E-state index contributed by atoms with van der Waals surface area (Å²) in [5.41, 5.74) is 9.76. The first kappa shape index (κ1) is 17.0. The smallest absolute Gasteiger partial charge is 0.125 e. The summed E-state index contributed by atoms with van der Waals surface area (Å²) in [6, 6.07) is 19.8. The molecule has 0 saturated heterocycles. The fourth-order valence-corrected chi connectivity index (χ4v) is 6.01. The number of aryl methyl sites for hydroxylation is 2. The first-order valence-electron chi connectivity index (χ1n) is 9.51. The van der Waals surface area contributed by atoms with E-state index >= 15 is 0 Å². The van der Waals surface area contributed by atoms with Gasteiger partial charge in [0.05, 0.1) is 5.69 Å². The SMILES string of the molecule is Cl.c1ccc(-c2c3c(nc4sc5c(c24)CCCC5)-c2ccccc2C3)cc1. The van der Waals surface area contributed by atoms with Gasteiger partial charge >= 0.3 is 0 Å². The van der Waals surface area contributed by atoms with Gasteiger partial charge in [0.1, 0.15) is 4.83 Å². The number of pyridine rings is 1. The highest BCUT2D eigenvalue weighted by Gasteiger charge is 2.28. The topological polar surface area (TPSA) is 12.9 Å². The summed E-state index contributed by atoms with van der Waals surface area (Å²) in [7, 11) is 0. The first-order chi connectivity index (χ1) is 12.9. The minimum absolute atomic E-state index is 0. The monoisotopic (exact) mass is 389 g/mol. The first-order valence-corrected chi connectivity index (χ1v) is 10.3. The molecular formula is C24H20ClNS. The van der Waals surface area contributed by atoms with Crippen LogP contribution in [0.2, 0.25) is 0 Å². The molecular weight excluding hydrogens is 370 g/mol. The second-order valence-corrected chi connectivity index (χ2v) is 8.49. The Morgan fingerprint density at radius 2 is 1.59 bits per heavy atom. The maximum absolute atomic E-state index is 5.21. The van der Waals surface area contributed by atoms with E-state index in [1.54, 1.807) is 10.4 Å². The Hall–Kier alpha value is -2.16. The van der Waals surface area contributed by atoms with E-state index in [0.717, 1.165) is 6.42 Å². The predicted molar refractivity (Wildman–Crippen MR) is 117 cm³/mol. The predicted octanol–water partition coefficient (Wildman–Crippen LogP) is 6.84. The van der Waals surface area contributed by atoms with Crippen molar-refractivity contribution in [3.63, 3.8) is 0 Å². The number of nitrogens with zero attached hydrogens (tertiary/aromatic N) is 1. The maximum Gasteiger partial charge on any atom is 0.125 e. The zero-order valence-electron chi connectivity index (χ0n) is 15.0. The molecule has 0 atom stereocenters. The highest BCUT2D eigenvalue weighted by Crippen LogP contribution is 2.48. The molecule has 0 spiro atoms. The van der Waals surface area contributed by atoms with E-state index < -0.39 is 0 Å². The van der Waals surface area contributed by atoms with Crippen LogP contribution in [0.5, 0.6) is 0 Å². The van der Waals surface area contributed by atoms with Crippen LogP contribution in [0.3, 0.4) is 0 Å². The Morgan fingerprint density at radius 1 is 0.815 bits per heavy atom. The molecule has 1 nitrogen and oxygen atoms in total. The standard InChI is InChI=1S/C24H19NS.ClH/c1-2-8-15(9-3-1)21-19-14-16-10-4-5-11-17(16)23(19)25-24-22(21)18-12-6-7-13-20(18)26-24;/h1-5,8-11H,6-7,12-14H2;1H. The average Bonchev–Trinajstić information content (AvgIpc) is 3.25. The molecule has 134 valence electrons. The Bertz CT molecular complexity index is 1160. The number of thiophene rings is 1. The second kappa shape index (κ2) is 6.47. The Labute approximate surface area is 169 Å². The summed E-state index contributed by atoms with van der Waals surface area (Å²) in [6.45, 7) is 0. The van der Waals surface area contributed by atoms with Gasteiger partial charge in [-0.1, -0.05) is 54.6 Å². The highest BCUT2D eigenvalue weighted by atomic mass is 35.5. The lowest BCUT2D eigenvalue weighted by atomic mass is 9.90. The van der Waals surface area contributed by atoms with Crippen molar-refractivity contribution in [3.05, 3.63) is 76.2 Å². The Morgan fingerprint density at radius 3 is 2.48 bits per heavy atom. The van der Waals surface area contributed by atoms with E-state index in [-0.39, 0.29) is 12.4 Å². The van der Waals surface area contributed by atoms with Crippen molar-refractivity contribution in [1.29, 1.82) is 0 Å². The molecule has 0 unspecified atom stereocenters. The van der Waals surface area contributed by atoms with Crippen molar-refractivity contribution in [2.75, 3.05) is 0 Å². The van der Waals surface area contributed by atoms with Gasteiger partial charge in [0.15, 0.2) is 0 Å². The molecule has 0 aliphatic heterocycles. The molecule has 0 N–H and O–H groups in total. The van der Waals surface area contributed by atoms with Crippen LogP contribution in [0.25, 0.3) is 32.6 Å². The van der Waals surface area contributed by atoms with Crippen LogP contribution in [-0.2, 0) is 19.3 Å². The van der Waals surface area contributed by atoms with Crippen molar-refractivity contribution >= 4 is 34.0 Å². The van der Waals surface area contributed by atoms with Gasteiger partial charge in [-0.2, -0.15) is 0 Å². The third-order valence-electron chi connectivity index (χ3n) is 5.91. The zero-order chi connectivity index (χ0) is 17.1. The van der Waals surface area contributed by atoms with Crippen molar-refractivity contribution in [3.8, 4) is 22.4 Å². The Kier molecular flexibility index (Phi) is 4.07. The van der Waals surface area contributed by atoms with E-state index in [4.69, 9.17) is 4.98 Å². The van der Waals surface area contributed by atoms with Gasteiger partial charge in [-0.05, 0) is 53.5 Å². The van der Waals surface area contributed by atoms with Crippen molar-refractivity contribution < 1.29 is 0 Å². The van der Waals surface area contributed by atoms with Gasteiger partial charge in [0, 0.05) is 22.2 Å². The van der Waals surface area contributed by atoms with Gasteiger partial charge in [-0.15, -0.1) is 23.7 Å². The van der Waals surface area contributed by atoms with Gasteiger partial charge < -0.3 is 0 Å². The van der Waals surface area contributed by atoms with Crippen LogP contribution in [0.15, 0.2) is 54.6 Å². The van der Waals surface area contributed by atoms with Gasteiger partial charge in [-0.25, -0.2) is 4.98 Å². The third-order valence-corrected chi connectivity index (χ3v) is 7.09. The molecule has 2 aliphatic rings. The second-order valence-electron chi connectivity index (χ2n) is 7.40. The van der Waals surface area contributed by atoms with Gasteiger partial charge in [-0.3, -0.25) is 0 Å². The van der Waals surface area contributed by atoms with E-state index in [2.05, 4.69) is 54.6 Å². The fourth-order valence-electron chi connectivity index (χ4n) is 4.74. The van der Waals surface area contributed by atoms with E-state index in [1.165, 1.54) is 69.4 Å². The molecule has 27 heavy (non-hydrogen) atoms. The molecule has 2 aliphatic carbocycles. The van der Waals surface area contributed by atoms with Crippen LogP contribution in [0.1, 0.15) is 34.4 Å². The number of rotatable bonds is 1. The van der Waals surface area contributed by atoms with E-state index in [0.29, 0.717) is 0 Å². The summed E-state index contributed by atoms with van der Waals surface area (Å²) < 4.78 is 0. The average molecular weight is 390 g/mol. The minimum atomic E-state index is 0. The highest BCUT2D eigenvalue weighted by molar-refractivity contribution is 7.19. The summed E-state index contributed by atoms with van der Waals surface area (Å²) >= 11 is 1.94. The maximum atomic E-state index is 5.21. The molecule has 3 heteroatoms. The quantitative estimate of drug-likeness (QED) is 0.306. The summed E-state index contributed by atoms with van der Waals surface area (Å²) in [5.74, 6) is 0. The van der Waals surface area contributed by atoms with Crippen LogP contribution < -0.4 is 0 Å². The fraction of sp³-hybridized carbons (Fsp3) is 0.208. The molecule has 0 amide bonds. The number of hydrogen-bond acceptors (Lipinski definition) is 2. The molecule has 2 aromatic carbocycles. The molecule has 4 aromatic rings. The normalized spacial score (nSPS) is 14.4. The van der Waals surface area contributed by atoms with Crippen LogP contribution in [0.4, 0.5) is 0 Å². The summed E-state index contributed by atoms with van der Waals surface area (Å²) in [4.78, 5) is 8.03. The number of aromatic nitrogens is 1. The zero-order valence-corrected chi connectivity index (χ0v) is 16.6. The molecule has 0 bridgehead atoms. The number of benzene rings is 2. The van der Waals surface area contributed by atoms with Gasteiger partial charge in [0.2, 0.25) is 0 Å². The van der Waals surface area contributed by atoms with Crippen molar-refractivity contribution in [1.82, 2.24) is 4.98 Å². The van der Waals surface area contributed by atoms with Crippen LogP contribution in [0, 0.1) is 0 Å². The molecule has 2 aromatic heterocycles. The number of hydrogen-bond donors (Lipinski definition) is 0. The van der Waals surface area contributed by atoms with Crippen LogP contribution >= 0.6 is 23.7 Å². The molecule has 0 saturated carbocycles. The number of halogens is 1. The molecule has 6 rings (SSSR count). The minimum Gasteiger partial charge on any atom is -0.237 e. The van der Waals surface area contributed by atoms with Crippen molar-refractivity contribution in [2.24, 2.45) is 0 Å². The van der Waals surface area contributed by atoms with Gasteiger partial charge in [0.25, 0.3) is 0 Å². The largest absolute Gasteiger partial charge is 0.237 e. The summed E-state index contributed by atoms with van der Waals surface area (Å²) in [5, 5.41) is 1.45. The molecule has 2 heterocycles. The third kappa shape index (κ3) is 2.47. The Balaban J connectivity index is 0.00000160. The van der Waals surface area contributed by atoms with Crippen LogP contribution in [-0.4, -0.2) is 4.98 Å². The lowest BCUT2D eigenvalue weighted by molar-refractivity contribution is 0.700. The van der Waals surface area contributed by atoms with E-state index in [1.807, 2.05) is 11.3 Å². The summed E-state index contributed by atoms with van der Waals surface area (Å²) in [6.07, 6.45) is 6.07. The molecule has 0 radical (unpaired) electrons. The lowest BCUT2D eigenvalue weighted by Gasteiger charge is -2.15. The lowest BCUT2D eigenvalue weighted by Crippen LogP contribution is -2.00. The number of fused-ring (bicyclic) bond motifs is 6.